The van der Waals surface area contributed by atoms with Crippen LogP contribution < -0.4 is 9.47 Å². The lowest BCUT2D eigenvalue weighted by Gasteiger charge is -2.27. The first-order valence-corrected chi connectivity index (χ1v) is 11.9. The lowest BCUT2D eigenvalue weighted by molar-refractivity contribution is -0.164. The van der Waals surface area contributed by atoms with Gasteiger partial charge in [-0.2, -0.15) is 13.2 Å². The van der Waals surface area contributed by atoms with E-state index in [2.05, 4.69) is 0 Å². The lowest BCUT2D eigenvalue weighted by Crippen LogP contribution is -2.38. The van der Waals surface area contributed by atoms with Gasteiger partial charge in [0.15, 0.2) is 5.60 Å². The third kappa shape index (κ3) is 8.96. The quantitative estimate of drug-likeness (QED) is 0.368. The first-order valence-electron chi connectivity index (χ1n) is 11.9. The molecule has 0 aliphatic heterocycles. The number of nitrogens with zero attached hydrogens (tertiary/aromatic N) is 1. The van der Waals surface area contributed by atoms with E-state index in [0.29, 0.717) is 24.3 Å². The molecule has 10 heteroatoms. The van der Waals surface area contributed by atoms with Gasteiger partial charge in [0.05, 0.1) is 12.1 Å². The highest BCUT2D eigenvalue weighted by Crippen LogP contribution is 2.31. The predicted octanol–water partition coefficient (Wildman–Crippen LogP) is 6.36. The zero-order chi connectivity index (χ0) is 27.9. The molecule has 0 radical (unpaired) electrons. The summed E-state index contributed by atoms with van der Waals surface area (Å²) in [5.41, 5.74) is -2.05. The molecule has 0 aliphatic rings. The number of carbonyl (C=O) groups excluding carboxylic acids is 1. The molecule has 0 aliphatic carbocycles. The summed E-state index contributed by atoms with van der Waals surface area (Å²) >= 11 is 0. The average Bonchev–Trinajstić information content (AvgIpc) is 2.80. The number of amides is 1. The number of carboxylic acids is 1. The van der Waals surface area contributed by atoms with E-state index >= 15 is 0 Å². The normalized spacial score (nSPS) is 13.5. The number of ether oxygens (including phenoxy) is 3. The summed E-state index contributed by atoms with van der Waals surface area (Å²) in [6, 6.07) is 10.6. The van der Waals surface area contributed by atoms with Crippen molar-refractivity contribution in [1.29, 1.82) is 0 Å². The monoisotopic (exact) mass is 525 g/mol. The minimum Gasteiger partial charge on any atom is -0.492 e. The van der Waals surface area contributed by atoms with Gasteiger partial charge in [-0.15, -0.1) is 0 Å². The van der Waals surface area contributed by atoms with Crippen LogP contribution in [0.4, 0.5) is 18.0 Å². The molecule has 2 aromatic carbocycles. The SMILES string of the molecule is CCOC(C)(C(=O)O)c1ccc(OCCN(CCC(C)(C)C)C(=O)Oc2cccc(C(F)(F)F)c2)cc1. The summed E-state index contributed by atoms with van der Waals surface area (Å²) in [5.74, 6) is -0.861. The van der Waals surface area contributed by atoms with Crippen LogP contribution in [0.2, 0.25) is 0 Å². The van der Waals surface area contributed by atoms with Crippen molar-refractivity contribution in [2.24, 2.45) is 5.41 Å². The van der Waals surface area contributed by atoms with Crippen LogP contribution in [0, 0.1) is 5.41 Å². The number of halogens is 3. The van der Waals surface area contributed by atoms with Crippen molar-refractivity contribution in [2.45, 2.75) is 52.8 Å². The standard InChI is InChI=1S/C27H34F3NO6/c1-6-36-26(5,23(32)33)19-10-12-21(13-11-19)35-17-16-31(15-14-25(2,3)4)24(34)37-22-9-7-8-20(18-22)27(28,29)30/h7-13,18H,6,14-17H2,1-5H3,(H,32,33). The predicted molar refractivity (Wildman–Crippen MR) is 132 cm³/mol. The van der Waals surface area contributed by atoms with Gasteiger partial charge in [0.2, 0.25) is 0 Å². The number of rotatable bonds is 11. The number of hydrogen-bond donors (Lipinski definition) is 1. The first-order chi connectivity index (χ1) is 17.2. The zero-order valence-corrected chi connectivity index (χ0v) is 21.7. The van der Waals surface area contributed by atoms with Gasteiger partial charge >= 0.3 is 18.2 Å². The highest BCUT2D eigenvalue weighted by atomic mass is 19.4. The Bertz CT molecular complexity index is 1050. The molecule has 0 fully saturated rings. The van der Waals surface area contributed by atoms with Gasteiger partial charge in [-0.3, -0.25) is 0 Å². The van der Waals surface area contributed by atoms with E-state index in [0.717, 1.165) is 12.1 Å². The van der Waals surface area contributed by atoms with E-state index in [1.807, 2.05) is 20.8 Å². The third-order valence-electron chi connectivity index (χ3n) is 5.63. The fourth-order valence-corrected chi connectivity index (χ4v) is 3.37. The molecule has 2 aromatic rings. The van der Waals surface area contributed by atoms with Gasteiger partial charge in [0, 0.05) is 13.2 Å². The average molecular weight is 526 g/mol. The van der Waals surface area contributed by atoms with Gasteiger partial charge in [0.25, 0.3) is 0 Å². The van der Waals surface area contributed by atoms with Crippen LogP contribution in [0.3, 0.4) is 0 Å². The van der Waals surface area contributed by atoms with Gasteiger partial charge in [0.1, 0.15) is 18.1 Å². The van der Waals surface area contributed by atoms with Crippen molar-refractivity contribution in [3.05, 3.63) is 59.7 Å². The van der Waals surface area contributed by atoms with Gasteiger partial charge in [-0.25, -0.2) is 9.59 Å². The van der Waals surface area contributed by atoms with Gasteiger partial charge < -0.3 is 24.2 Å². The highest BCUT2D eigenvalue weighted by molar-refractivity contribution is 5.79. The summed E-state index contributed by atoms with van der Waals surface area (Å²) in [7, 11) is 0. The Morgan fingerprint density at radius 1 is 0.919 bits per heavy atom. The van der Waals surface area contributed by atoms with Crippen molar-refractivity contribution in [3.8, 4) is 11.5 Å². The minimum atomic E-state index is -4.55. The number of carboxylic acid groups (broad SMARTS) is 1. The molecule has 0 spiro atoms. The molecular weight excluding hydrogens is 491 g/mol. The van der Waals surface area contributed by atoms with Crippen LogP contribution in [-0.2, 0) is 21.3 Å². The molecule has 1 amide bonds. The van der Waals surface area contributed by atoms with E-state index in [1.54, 1.807) is 31.2 Å². The van der Waals surface area contributed by atoms with E-state index in [-0.39, 0.29) is 30.9 Å². The summed E-state index contributed by atoms with van der Waals surface area (Å²) in [6.07, 6.45) is -4.70. The minimum absolute atomic E-state index is 0.0861. The van der Waals surface area contributed by atoms with Crippen molar-refractivity contribution in [2.75, 3.05) is 26.3 Å². The molecule has 0 aromatic heterocycles. The van der Waals surface area contributed by atoms with E-state index in [1.165, 1.54) is 24.0 Å². The maximum absolute atomic E-state index is 13.0. The Hall–Kier alpha value is -3.27. The fraction of sp³-hybridized carbons (Fsp3) is 0.481. The molecule has 1 unspecified atom stereocenters. The van der Waals surface area contributed by atoms with E-state index in [9.17, 15) is 27.9 Å². The molecule has 1 atom stereocenters. The van der Waals surface area contributed by atoms with Crippen molar-refractivity contribution >= 4 is 12.1 Å². The maximum Gasteiger partial charge on any atom is 0.416 e. The van der Waals surface area contributed by atoms with Crippen LogP contribution in [0.15, 0.2) is 48.5 Å². The van der Waals surface area contributed by atoms with Crippen LogP contribution in [0.25, 0.3) is 0 Å². The van der Waals surface area contributed by atoms with Gasteiger partial charge in [-0.1, -0.05) is 39.0 Å². The number of benzene rings is 2. The van der Waals surface area contributed by atoms with Crippen molar-refractivity contribution in [3.63, 3.8) is 0 Å². The number of aliphatic carboxylic acids is 1. The molecule has 0 saturated carbocycles. The summed E-state index contributed by atoms with van der Waals surface area (Å²) < 4.78 is 55.4. The summed E-state index contributed by atoms with van der Waals surface area (Å²) in [6.45, 7) is 9.96. The molecule has 204 valence electrons. The van der Waals surface area contributed by atoms with Crippen molar-refractivity contribution in [1.82, 2.24) is 4.90 Å². The molecule has 1 N–H and O–H groups in total. The Kier molecular flexibility index (Phi) is 9.97. The lowest BCUT2D eigenvalue weighted by atomic mass is 9.92. The summed E-state index contributed by atoms with van der Waals surface area (Å²) in [4.78, 5) is 25.9. The molecule has 0 saturated heterocycles. The largest absolute Gasteiger partial charge is 0.492 e. The Morgan fingerprint density at radius 3 is 2.11 bits per heavy atom. The van der Waals surface area contributed by atoms with Crippen LogP contribution >= 0.6 is 0 Å². The van der Waals surface area contributed by atoms with E-state index < -0.39 is 29.4 Å². The van der Waals surface area contributed by atoms with E-state index in [4.69, 9.17) is 14.2 Å². The van der Waals surface area contributed by atoms with Gasteiger partial charge in [-0.05, 0) is 61.6 Å². The number of alkyl halides is 3. The molecular formula is C27H34F3NO6. The van der Waals surface area contributed by atoms with Crippen LogP contribution in [0.1, 0.15) is 52.2 Å². The first kappa shape index (κ1) is 30.0. The zero-order valence-electron chi connectivity index (χ0n) is 21.7. The maximum atomic E-state index is 13.0. The Morgan fingerprint density at radius 2 is 1.57 bits per heavy atom. The Labute approximate surface area is 215 Å². The molecule has 2 rings (SSSR count). The molecule has 37 heavy (non-hydrogen) atoms. The Balaban J connectivity index is 2.07. The number of hydrogen-bond acceptors (Lipinski definition) is 5. The third-order valence-corrected chi connectivity index (χ3v) is 5.63. The second kappa shape index (κ2) is 12.3. The second-order valence-electron chi connectivity index (χ2n) is 9.84. The second-order valence-corrected chi connectivity index (χ2v) is 9.84. The number of carbonyl (C=O) groups is 2. The smallest absolute Gasteiger partial charge is 0.416 e. The summed E-state index contributed by atoms with van der Waals surface area (Å²) in [5, 5.41) is 9.55. The highest BCUT2D eigenvalue weighted by Gasteiger charge is 2.36. The molecule has 7 nitrogen and oxygen atoms in total. The van der Waals surface area contributed by atoms with Crippen LogP contribution in [0.5, 0.6) is 11.5 Å². The van der Waals surface area contributed by atoms with Crippen LogP contribution in [-0.4, -0.2) is 48.4 Å². The van der Waals surface area contributed by atoms with Crippen molar-refractivity contribution < 1.29 is 42.1 Å². The fourth-order valence-electron chi connectivity index (χ4n) is 3.37. The topological polar surface area (TPSA) is 85.3 Å². The molecule has 0 heterocycles. The molecule has 0 bridgehead atoms.